The van der Waals surface area contributed by atoms with E-state index >= 15 is 0 Å². The summed E-state index contributed by atoms with van der Waals surface area (Å²) in [6.45, 7) is 4.73. The second-order valence-electron chi connectivity index (χ2n) is 4.63. The molecule has 0 saturated carbocycles. The number of rotatable bonds is 5. The van der Waals surface area contributed by atoms with E-state index < -0.39 is 6.10 Å². The Morgan fingerprint density at radius 1 is 1.32 bits per heavy atom. The maximum atomic E-state index is 10.4. The van der Waals surface area contributed by atoms with Gasteiger partial charge in [-0.3, -0.25) is 4.68 Å². The van der Waals surface area contributed by atoms with E-state index in [1.54, 1.807) is 10.9 Å². The summed E-state index contributed by atoms with van der Waals surface area (Å²) in [4.78, 5) is 0. The number of ether oxygens (including phenoxy) is 1. The zero-order chi connectivity index (χ0) is 13.8. The third-order valence-electron chi connectivity index (χ3n) is 3.24. The summed E-state index contributed by atoms with van der Waals surface area (Å²) in [6, 6.07) is 7.56. The van der Waals surface area contributed by atoms with Gasteiger partial charge in [-0.2, -0.15) is 5.10 Å². The lowest BCUT2D eigenvalue weighted by atomic mass is 10.0. The fourth-order valence-electron chi connectivity index (χ4n) is 1.93. The summed E-state index contributed by atoms with van der Waals surface area (Å²) < 4.78 is 7.29. The number of nitrogens with zero attached hydrogens (tertiary/aromatic N) is 2. The SMILES string of the molecule is CCCOc1ccc(C(O)c2cnn(C)c2C)cc1. The first-order valence-electron chi connectivity index (χ1n) is 6.52. The molecule has 2 rings (SSSR count). The molecule has 1 aromatic heterocycles. The van der Waals surface area contributed by atoms with Crippen LogP contribution in [0.15, 0.2) is 30.5 Å². The minimum Gasteiger partial charge on any atom is -0.494 e. The summed E-state index contributed by atoms with van der Waals surface area (Å²) in [5, 5.41) is 14.5. The van der Waals surface area contributed by atoms with Crippen LogP contribution in [0.4, 0.5) is 0 Å². The molecule has 0 amide bonds. The Hall–Kier alpha value is -1.81. The van der Waals surface area contributed by atoms with Crippen molar-refractivity contribution in [3.05, 3.63) is 47.3 Å². The van der Waals surface area contributed by atoms with Gasteiger partial charge in [0, 0.05) is 18.3 Å². The van der Waals surface area contributed by atoms with Crippen LogP contribution in [0.25, 0.3) is 0 Å². The molecule has 1 unspecified atom stereocenters. The molecule has 1 atom stereocenters. The fraction of sp³-hybridized carbons (Fsp3) is 0.400. The van der Waals surface area contributed by atoms with E-state index in [0.717, 1.165) is 29.0 Å². The second kappa shape index (κ2) is 5.89. The molecular formula is C15H20N2O2. The standard InChI is InChI=1S/C15H20N2O2/c1-4-9-19-13-7-5-12(6-8-13)15(18)14-10-16-17(3)11(14)2/h5-8,10,15,18H,4,9H2,1-3H3. The molecule has 1 N–H and O–H groups in total. The summed E-state index contributed by atoms with van der Waals surface area (Å²) in [5.41, 5.74) is 2.66. The third kappa shape index (κ3) is 2.96. The highest BCUT2D eigenvalue weighted by atomic mass is 16.5. The van der Waals surface area contributed by atoms with Gasteiger partial charge in [-0.15, -0.1) is 0 Å². The first kappa shape index (κ1) is 13.6. The van der Waals surface area contributed by atoms with Crippen molar-refractivity contribution in [3.63, 3.8) is 0 Å². The van der Waals surface area contributed by atoms with Crippen LogP contribution in [-0.4, -0.2) is 21.5 Å². The molecule has 19 heavy (non-hydrogen) atoms. The number of aryl methyl sites for hydroxylation is 1. The Balaban J connectivity index is 2.15. The molecule has 4 nitrogen and oxygen atoms in total. The van der Waals surface area contributed by atoms with Crippen molar-refractivity contribution in [3.8, 4) is 5.75 Å². The third-order valence-corrected chi connectivity index (χ3v) is 3.24. The molecule has 0 saturated heterocycles. The Labute approximate surface area is 113 Å². The van der Waals surface area contributed by atoms with Gasteiger partial charge in [0.2, 0.25) is 0 Å². The minimum atomic E-state index is -0.645. The van der Waals surface area contributed by atoms with Gasteiger partial charge in [0.1, 0.15) is 11.9 Å². The molecule has 4 heteroatoms. The zero-order valence-electron chi connectivity index (χ0n) is 11.6. The van der Waals surface area contributed by atoms with E-state index in [0.29, 0.717) is 6.61 Å². The van der Waals surface area contributed by atoms with Crippen molar-refractivity contribution in [1.82, 2.24) is 9.78 Å². The number of hydrogen-bond donors (Lipinski definition) is 1. The first-order chi connectivity index (χ1) is 9.13. The molecule has 0 aliphatic carbocycles. The molecule has 0 fully saturated rings. The van der Waals surface area contributed by atoms with Crippen LogP contribution in [0.2, 0.25) is 0 Å². The molecule has 0 aliphatic heterocycles. The van der Waals surface area contributed by atoms with Gasteiger partial charge in [-0.05, 0) is 31.0 Å². The molecule has 102 valence electrons. The van der Waals surface area contributed by atoms with Crippen LogP contribution < -0.4 is 4.74 Å². The molecule has 0 spiro atoms. The van der Waals surface area contributed by atoms with Gasteiger partial charge < -0.3 is 9.84 Å². The maximum absolute atomic E-state index is 10.4. The molecule has 2 aromatic rings. The molecule has 0 aliphatic rings. The van der Waals surface area contributed by atoms with E-state index in [4.69, 9.17) is 4.74 Å². The van der Waals surface area contributed by atoms with Crippen LogP contribution in [0.1, 0.15) is 36.3 Å². The van der Waals surface area contributed by atoms with E-state index in [9.17, 15) is 5.11 Å². The van der Waals surface area contributed by atoms with Crippen LogP contribution in [0.3, 0.4) is 0 Å². The van der Waals surface area contributed by atoms with Crippen molar-refractivity contribution in [1.29, 1.82) is 0 Å². The highest BCUT2D eigenvalue weighted by Gasteiger charge is 2.15. The number of aliphatic hydroxyl groups excluding tert-OH is 1. The summed E-state index contributed by atoms with van der Waals surface area (Å²) in [7, 11) is 1.87. The smallest absolute Gasteiger partial charge is 0.119 e. The lowest BCUT2D eigenvalue weighted by molar-refractivity contribution is 0.219. The lowest BCUT2D eigenvalue weighted by Gasteiger charge is -2.12. The van der Waals surface area contributed by atoms with E-state index in [1.807, 2.05) is 38.2 Å². The number of hydrogen-bond acceptors (Lipinski definition) is 3. The van der Waals surface area contributed by atoms with Crippen LogP contribution >= 0.6 is 0 Å². The second-order valence-corrected chi connectivity index (χ2v) is 4.63. The lowest BCUT2D eigenvalue weighted by Crippen LogP contribution is -2.02. The van der Waals surface area contributed by atoms with E-state index in [1.165, 1.54) is 0 Å². The van der Waals surface area contributed by atoms with E-state index in [2.05, 4.69) is 12.0 Å². The van der Waals surface area contributed by atoms with Gasteiger partial charge in [0.25, 0.3) is 0 Å². The predicted molar refractivity (Wildman–Crippen MR) is 74.2 cm³/mol. The normalized spacial score (nSPS) is 12.4. The largest absolute Gasteiger partial charge is 0.494 e. The number of aromatic nitrogens is 2. The molecular weight excluding hydrogens is 240 g/mol. The topological polar surface area (TPSA) is 47.3 Å². The highest BCUT2D eigenvalue weighted by Crippen LogP contribution is 2.25. The van der Waals surface area contributed by atoms with Gasteiger partial charge in [0.05, 0.1) is 12.8 Å². The minimum absolute atomic E-state index is 0.645. The Bertz CT molecular complexity index is 532. The first-order valence-corrected chi connectivity index (χ1v) is 6.52. The van der Waals surface area contributed by atoms with Crippen LogP contribution in [-0.2, 0) is 7.05 Å². The van der Waals surface area contributed by atoms with Gasteiger partial charge in [-0.1, -0.05) is 19.1 Å². The van der Waals surface area contributed by atoms with Crippen molar-refractivity contribution in [2.75, 3.05) is 6.61 Å². The number of aliphatic hydroxyl groups is 1. The summed E-state index contributed by atoms with van der Waals surface area (Å²) >= 11 is 0. The van der Waals surface area contributed by atoms with Crippen molar-refractivity contribution < 1.29 is 9.84 Å². The molecule has 1 heterocycles. The average Bonchev–Trinajstić information content (AvgIpc) is 2.76. The molecule has 1 aromatic carbocycles. The number of benzene rings is 1. The monoisotopic (exact) mass is 260 g/mol. The molecule has 0 radical (unpaired) electrons. The van der Waals surface area contributed by atoms with Gasteiger partial charge >= 0.3 is 0 Å². The van der Waals surface area contributed by atoms with Crippen molar-refractivity contribution in [2.24, 2.45) is 7.05 Å². The Kier molecular flexibility index (Phi) is 4.22. The van der Waals surface area contributed by atoms with E-state index in [-0.39, 0.29) is 0 Å². The summed E-state index contributed by atoms with van der Waals surface area (Å²) in [5.74, 6) is 0.834. The Morgan fingerprint density at radius 3 is 2.53 bits per heavy atom. The molecule has 0 bridgehead atoms. The quantitative estimate of drug-likeness (QED) is 0.899. The van der Waals surface area contributed by atoms with Crippen LogP contribution in [0.5, 0.6) is 5.75 Å². The van der Waals surface area contributed by atoms with Crippen molar-refractivity contribution >= 4 is 0 Å². The fourth-order valence-corrected chi connectivity index (χ4v) is 1.93. The van der Waals surface area contributed by atoms with Gasteiger partial charge in [-0.25, -0.2) is 0 Å². The highest BCUT2D eigenvalue weighted by molar-refractivity contribution is 5.34. The summed E-state index contributed by atoms with van der Waals surface area (Å²) in [6.07, 6.45) is 2.05. The predicted octanol–water partition coefficient (Wildman–Crippen LogP) is 2.60. The van der Waals surface area contributed by atoms with Gasteiger partial charge in [0.15, 0.2) is 0 Å². The van der Waals surface area contributed by atoms with Crippen LogP contribution in [0, 0.1) is 6.92 Å². The maximum Gasteiger partial charge on any atom is 0.119 e. The van der Waals surface area contributed by atoms with Crippen molar-refractivity contribution in [2.45, 2.75) is 26.4 Å². The average molecular weight is 260 g/mol. The Morgan fingerprint density at radius 2 is 2.00 bits per heavy atom. The zero-order valence-corrected chi connectivity index (χ0v) is 11.6.